The van der Waals surface area contributed by atoms with Crippen LogP contribution in [0.2, 0.25) is 0 Å². The predicted molar refractivity (Wildman–Crippen MR) is 112 cm³/mol. The third kappa shape index (κ3) is 5.63. The maximum atomic E-state index is 12.7. The van der Waals surface area contributed by atoms with E-state index in [0.29, 0.717) is 68.7 Å². The number of carbonyl (C=O) groups excluding carboxylic acids is 2. The number of carbonyl (C=O) groups is 2. The highest BCUT2D eigenvalue weighted by Crippen LogP contribution is 2.30. The smallest absolute Gasteiger partial charge is 0.321 e. The van der Waals surface area contributed by atoms with Gasteiger partial charge in [0.15, 0.2) is 0 Å². The SMILES string of the molecule is CC[C@H]1CN(C(=O)Nc2cccc(OC)c2)CC[C@H]1CC(=O)N1CCC(O)CC1. The van der Waals surface area contributed by atoms with E-state index in [1.807, 2.05) is 28.0 Å². The number of nitrogens with one attached hydrogen (secondary N) is 1. The first-order chi connectivity index (χ1) is 14.0. The van der Waals surface area contributed by atoms with Gasteiger partial charge in [0.05, 0.1) is 13.2 Å². The standard InChI is InChI=1S/C22H33N3O4/c1-3-16-15-25(22(28)23-18-5-4-6-20(14-18)29-2)10-7-17(16)13-21(27)24-11-8-19(26)9-12-24/h4-6,14,16-17,19,26H,3,7-13,15H2,1-2H3,(H,23,28)/t16-,17-/m0/s1. The molecule has 0 aromatic heterocycles. The first-order valence-corrected chi connectivity index (χ1v) is 10.7. The number of benzene rings is 1. The average molecular weight is 404 g/mol. The molecule has 0 bridgehead atoms. The molecular formula is C22H33N3O4. The molecule has 3 amide bonds. The van der Waals surface area contributed by atoms with E-state index in [-0.39, 0.29) is 18.0 Å². The molecule has 0 saturated carbocycles. The van der Waals surface area contributed by atoms with Gasteiger partial charge in [-0.15, -0.1) is 0 Å². The average Bonchev–Trinajstić information content (AvgIpc) is 2.74. The van der Waals surface area contributed by atoms with Gasteiger partial charge in [0.25, 0.3) is 0 Å². The minimum absolute atomic E-state index is 0.105. The normalized spacial score (nSPS) is 23.0. The zero-order valence-electron chi connectivity index (χ0n) is 17.5. The Labute approximate surface area is 173 Å². The molecule has 2 atom stereocenters. The second-order valence-electron chi connectivity index (χ2n) is 8.14. The van der Waals surface area contributed by atoms with E-state index in [1.54, 1.807) is 13.2 Å². The van der Waals surface area contributed by atoms with E-state index < -0.39 is 0 Å². The number of aliphatic hydroxyl groups excluding tert-OH is 1. The molecule has 1 aromatic rings. The van der Waals surface area contributed by atoms with Crippen LogP contribution in [0.25, 0.3) is 0 Å². The molecule has 2 aliphatic rings. The Balaban J connectivity index is 1.53. The molecule has 2 fully saturated rings. The Morgan fingerprint density at radius 3 is 2.55 bits per heavy atom. The van der Waals surface area contributed by atoms with Gasteiger partial charge < -0.3 is 25.0 Å². The summed E-state index contributed by atoms with van der Waals surface area (Å²) in [5.74, 6) is 1.52. The summed E-state index contributed by atoms with van der Waals surface area (Å²) in [5, 5.41) is 12.6. The maximum Gasteiger partial charge on any atom is 0.321 e. The number of hydrogen-bond acceptors (Lipinski definition) is 4. The molecule has 2 saturated heterocycles. The highest BCUT2D eigenvalue weighted by Gasteiger charge is 2.33. The molecule has 0 unspecified atom stereocenters. The number of likely N-dealkylation sites (tertiary alicyclic amines) is 2. The van der Waals surface area contributed by atoms with E-state index in [0.717, 1.165) is 12.8 Å². The van der Waals surface area contributed by atoms with E-state index in [4.69, 9.17) is 4.74 Å². The third-order valence-corrected chi connectivity index (χ3v) is 6.28. The van der Waals surface area contributed by atoms with Crippen molar-refractivity contribution >= 4 is 17.6 Å². The topological polar surface area (TPSA) is 82.1 Å². The Kier molecular flexibility index (Phi) is 7.36. The molecule has 0 spiro atoms. The molecule has 160 valence electrons. The summed E-state index contributed by atoms with van der Waals surface area (Å²) in [4.78, 5) is 29.1. The van der Waals surface area contributed by atoms with Crippen molar-refractivity contribution in [2.45, 2.75) is 45.1 Å². The number of rotatable bonds is 5. The van der Waals surface area contributed by atoms with Gasteiger partial charge in [-0.25, -0.2) is 4.79 Å². The second kappa shape index (κ2) is 9.96. The number of ether oxygens (including phenoxy) is 1. The van der Waals surface area contributed by atoms with Crippen LogP contribution in [0.5, 0.6) is 5.75 Å². The zero-order chi connectivity index (χ0) is 20.8. The minimum atomic E-state index is -0.270. The van der Waals surface area contributed by atoms with Gasteiger partial charge in [0.1, 0.15) is 5.75 Å². The van der Waals surface area contributed by atoms with Crippen LogP contribution in [0.1, 0.15) is 39.0 Å². The van der Waals surface area contributed by atoms with Gasteiger partial charge >= 0.3 is 6.03 Å². The lowest BCUT2D eigenvalue weighted by Gasteiger charge is -2.39. The van der Waals surface area contributed by atoms with Crippen molar-refractivity contribution in [2.24, 2.45) is 11.8 Å². The molecule has 29 heavy (non-hydrogen) atoms. The van der Waals surface area contributed by atoms with Crippen molar-refractivity contribution in [1.29, 1.82) is 0 Å². The summed E-state index contributed by atoms with van der Waals surface area (Å²) >= 11 is 0. The summed E-state index contributed by atoms with van der Waals surface area (Å²) in [6.07, 6.45) is 3.40. The van der Waals surface area contributed by atoms with Gasteiger partial charge in [0.2, 0.25) is 5.91 Å². The lowest BCUT2D eigenvalue weighted by atomic mass is 9.81. The van der Waals surface area contributed by atoms with Crippen molar-refractivity contribution in [3.05, 3.63) is 24.3 Å². The monoisotopic (exact) mass is 403 g/mol. The summed E-state index contributed by atoms with van der Waals surface area (Å²) < 4.78 is 5.21. The second-order valence-corrected chi connectivity index (χ2v) is 8.14. The van der Waals surface area contributed by atoms with E-state index in [2.05, 4.69) is 12.2 Å². The number of piperidine rings is 2. The number of methoxy groups -OCH3 is 1. The number of urea groups is 1. The number of anilines is 1. The first-order valence-electron chi connectivity index (χ1n) is 10.7. The molecule has 0 radical (unpaired) electrons. The summed E-state index contributed by atoms with van der Waals surface area (Å²) in [6.45, 7) is 4.76. The van der Waals surface area contributed by atoms with Crippen LogP contribution in [-0.4, -0.2) is 66.2 Å². The van der Waals surface area contributed by atoms with Gasteiger partial charge in [-0.05, 0) is 43.2 Å². The van der Waals surface area contributed by atoms with Crippen molar-refractivity contribution in [3.8, 4) is 5.75 Å². The number of aliphatic hydroxyl groups is 1. The zero-order valence-corrected chi connectivity index (χ0v) is 17.5. The first kappa shape index (κ1) is 21.4. The van der Waals surface area contributed by atoms with Crippen molar-refractivity contribution in [1.82, 2.24) is 9.80 Å². The predicted octanol–water partition coefficient (Wildman–Crippen LogP) is 2.95. The largest absolute Gasteiger partial charge is 0.497 e. The highest BCUT2D eigenvalue weighted by molar-refractivity contribution is 5.89. The van der Waals surface area contributed by atoms with Crippen LogP contribution in [0, 0.1) is 11.8 Å². The quantitative estimate of drug-likeness (QED) is 0.792. The molecule has 7 heteroatoms. The lowest BCUT2D eigenvalue weighted by molar-refractivity contribution is -0.135. The Morgan fingerprint density at radius 2 is 1.86 bits per heavy atom. The summed E-state index contributed by atoms with van der Waals surface area (Å²) in [5.41, 5.74) is 0.715. The van der Waals surface area contributed by atoms with E-state index >= 15 is 0 Å². The molecule has 0 aliphatic carbocycles. The van der Waals surface area contributed by atoms with Crippen LogP contribution < -0.4 is 10.1 Å². The molecule has 2 aliphatic heterocycles. The number of nitrogens with zero attached hydrogens (tertiary/aromatic N) is 2. The fourth-order valence-corrected chi connectivity index (χ4v) is 4.37. The van der Waals surface area contributed by atoms with Crippen molar-refractivity contribution < 1.29 is 19.4 Å². The molecule has 3 rings (SSSR count). The van der Waals surface area contributed by atoms with Crippen LogP contribution in [-0.2, 0) is 4.79 Å². The third-order valence-electron chi connectivity index (χ3n) is 6.28. The summed E-state index contributed by atoms with van der Waals surface area (Å²) in [7, 11) is 1.60. The fourth-order valence-electron chi connectivity index (χ4n) is 4.37. The van der Waals surface area contributed by atoms with Gasteiger partial charge in [-0.1, -0.05) is 19.4 Å². The van der Waals surface area contributed by atoms with Gasteiger partial charge in [0, 0.05) is 44.4 Å². The Bertz CT molecular complexity index is 703. The molecule has 2 N–H and O–H groups in total. The highest BCUT2D eigenvalue weighted by atomic mass is 16.5. The molecule has 1 aromatic carbocycles. The van der Waals surface area contributed by atoms with Crippen LogP contribution in [0.4, 0.5) is 10.5 Å². The van der Waals surface area contributed by atoms with Crippen LogP contribution >= 0.6 is 0 Å². The van der Waals surface area contributed by atoms with E-state index in [9.17, 15) is 14.7 Å². The number of amides is 3. The molecule has 2 heterocycles. The lowest BCUT2D eigenvalue weighted by Crippen LogP contribution is -2.47. The van der Waals surface area contributed by atoms with Crippen LogP contribution in [0.15, 0.2) is 24.3 Å². The Hall–Kier alpha value is -2.28. The fraction of sp³-hybridized carbons (Fsp3) is 0.636. The van der Waals surface area contributed by atoms with Crippen molar-refractivity contribution in [3.63, 3.8) is 0 Å². The van der Waals surface area contributed by atoms with Gasteiger partial charge in [-0.3, -0.25) is 4.79 Å². The van der Waals surface area contributed by atoms with E-state index in [1.165, 1.54) is 0 Å². The minimum Gasteiger partial charge on any atom is -0.497 e. The maximum absolute atomic E-state index is 12.7. The molecular weight excluding hydrogens is 370 g/mol. The Morgan fingerprint density at radius 1 is 1.14 bits per heavy atom. The van der Waals surface area contributed by atoms with Crippen molar-refractivity contribution in [2.75, 3.05) is 38.6 Å². The number of hydrogen-bond donors (Lipinski definition) is 2. The van der Waals surface area contributed by atoms with Gasteiger partial charge in [-0.2, -0.15) is 0 Å². The van der Waals surface area contributed by atoms with Crippen LogP contribution in [0.3, 0.4) is 0 Å². The molecule has 7 nitrogen and oxygen atoms in total. The summed E-state index contributed by atoms with van der Waals surface area (Å²) in [6, 6.07) is 7.23.